The highest BCUT2D eigenvalue weighted by Gasteiger charge is 2.18. The molecule has 5 nitrogen and oxygen atoms in total. The van der Waals surface area contributed by atoms with E-state index in [-0.39, 0.29) is 12.2 Å². The van der Waals surface area contributed by atoms with Crippen molar-refractivity contribution in [2.45, 2.75) is 13.8 Å². The third kappa shape index (κ3) is 2.65. The van der Waals surface area contributed by atoms with Crippen LogP contribution in [0.25, 0.3) is 11.3 Å². The van der Waals surface area contributed by atoms with Crippen molar-refractivity contribution in [1.29, 1.82) is 0 Å². The van der Waals surface area contributed by atoms with Crippen LogP contribution in [0.3, 0.4) is 0 Å². The number of carbonyl (C=O) groups is 1. The fourth-order valence-corrected chi connectivity index (χ4v) is 1.95. The second-order valence-corrected chi connectivity index (χ2v) is 4.67. The van der Waals surface area contributed by atoms with E-state index in [1.165, 1.54) is 6.07 Å². The van der Waals surface area contributed by atoms with Crippen LogP contribution in [-0.2, 0) is 4.74 Å². The molecule has 2 rings (SSSR count). The Bertz CT molecular complexity index is 627. The molecule has 0 aliphatic rings. The first-order valence-corrected chi connectivity index (χ1v) is 6.38. The number of ether oxygens (including phenoxy) is 1. The highest BCUT2D eigenvalue weighted by atomic mass is 79.9. The van der Waals surface area contributed by atoms with Crippen molar-refractivity contribution in [3.63, 3.8) is 0 Å². The normalized spacial score (nSPS) is 10.5. The molecule has 0 radical (unpaired) electrons. The Labute approximate surface area is 117 Å². The maximum atomic E-state index is 13.9. The summed E-state index contributed by atoms with van der Waals surface area (Å²) in [6, 6.07) is 4.60. The van der Waals surface area contributed by atoms with Crippen LogP contribution < -0.4 is 0 Å². The molecule has 1 heterocycles. The summed E-state index contributed by atoms with van der Waals surface area (Å²) >= 11 is 3.18. The smallest absolute Gasteiger partial charge is 0.436 e. The molecule has 7 heteroatoms. The van der Waals surface area contributed by atoms with Crippen LogP contribution >= 0.6 is 15.9 Å². The number of aromatic nitrogens is 3. The molecule has 0 amide bonds. The molecule has 1 aromatic heterocycles. The zero-order valence-electron chi connectivity index (χ0n) is 10.4. The van der Waals surface area contributed by atoms with E-state index in [1.54, 1.807) is 26.0 Å². The molecule has 0 unspecified atom stereocenters. The Morgan fingerprint density at radius 3 is 2.89 bits per heavy atom. The number of carbonyl (C=O) groups excluding carboxylic acids is 1. The highest BCUT2D eigenvalue weighted by Crippen LogP contribution is 2.26. The Kier molecular flexibility index (Phi) is 3.94. The average Bonchev–Trinajstić information content (AvgIpc) is 2.72. The molecular formula is C12H11BrFN3O2. The zero-order valence-corrected chi connectivity index (χ0v) is 11.9. The third-order valence-corrected chi connectivity index (χ3v) is 3.01. The first kappa shape index (κ1) is 13.7. The fraction of sp³-hybridized carbons (Fsp3) is 0.250. The van der Waals surface area contributed by atoms with Gasteiger partial charge in [0.2, 0.25) is 0 Å². The lowest BCUT2D eigenvalue weighted by Crippen LogP contribution is -2.16. The van der Waals surface area contributed by atoms with Crippen LogP contribution in [0, 0.1) is 12.7 Å². The van der Waals surface area contributed by atoms with Gasteiger partial charge in [0, 0.05) is 10.0 Å². The van der Waals surface area contributed by atoms with E-state index in [4.69, 9.17) is 4.74 Å². The average molecular weight is 328 g/mol. The van der Waals surface area contributed by atoms with Crippen molar-refractivity contribution in [3.8, 4) is 11.3 Å². The summed E-state index contributed by atoms with van der Waals surface area (Å²) in [6.45, 7) is 3.56. The number of hydrogen-bond donors (Lipinski definition) is 0. The second kappa shape index (κ2) is 5.48. The van der Waals surface area contributed by atoms with E-state index in [1.807, 2.05) is 0 Å². The quantitative estimate of drug-likeness (QED) is 0.850. The molecule has 0 fully saturated rings. The molecule has 0 saturated carbocycles. The molecule has 0 aliphatic carbocycles. The Morgan fingerprint density at radius 1 is 1.53 bits per heavy atom. The van der Waals surface area contributed by atoms with E-state index in [9.17, 15) is 9.18 Å². The zero-order chi connectivity index (χ0) is 14.0. The third-order valence-electron chi connectivity index (χ3n) is 2.52. The van der Waals surface area contributed by atoms with Crippen molar-refractivity contribution >= 4 is 22.0 Å². The first-order chi connectivity index (χ1) is 9.04. The van der Waals surface area contributed by atoms with Crippen molar-refractivity contribution in [1.82, 2.24) is 15.0 Å². The fourth-order valence-electron chi connectivity index (χ4n) is 1.62. The summed E-state index contributed by atoms with van der Waals surface area (Å²) in [5, 5.41) is 7.52. The predicted octanol–water partition coefficient (Wildman–Crippen LogP) is 3.16. The molecular weight excluding hydrogens is 317 g/mol. The van der Waals surface area contributed by atoms with Crippen LogP contribution in [0.2, 0.25) is 0 Å². The van der Waals surface area contributed by atoms with Crippen LogP contribution in [0.1, 0.15) is 12.6 Å². The van der Waals surface area contributed by atoms with Crippen molar-refractivity contribution in [3.05, 3.63) is 34.2 Å². The van der Waals surface area contributed by atoms with Gasteiger partial charge in [0.15, 0.2) is 0 Å². The monoisotopic (exact) mass is 327 g/mol. The SMILES string of the molecule is CCOC(=O)n1nnc(-c2ccc(Br)cc2F)c1C. The summed E-state index contributed by atoms with van der Waals surface area (Å²) in [4.78, 5) is 11.6. The van der Waals surface area contributed by atoms with Crippen LogP contribution in [-0.4, -0.2) is 27.7 Å². The van der Waals surface area contributed by atoms with Crippen LogP contribution in [0.4, 0.5) is 9.18 Å². The van der Waals surface area contributed by atoms with Gasteiger partial charge in [0.25, 0.3) is 0 Å². The van der Waals surface area contributed by atoms with Crippen LogP contribution in [0.15, 0.2) is 22.7 Å². The van der Waals surface area contributed by atoms with Gasteiger partial charge in [-0.05, 0) is 32.0 Å². The Balaban J connectivity index is 2.44. The number of nitrogens with zero attached hydrogens (tertiary/aromatic N) is 3. The van der Waals surface area contributed by atoms with Gasteiger partial charge in [0.05, 0.1) is 12.3 Å². The van der Waals surface area contributed by atoms with E-state index < -0.39 is 11.9 Å². The van der Waals surface area contributed by atoms with Gasteiger partial charge in [-0.25, -0.2) is 9.18 Å². The molecule has 19 heavy (non-hydrogen) atoms. The first-order valence-electron chi connectivity index (χ1n) is 5.59. The van der Waals surface area contributed by atoms with Gasteiger partial charge in [-0.15, -0.1) is 9.78 Å². The lowest BCUT2D eigenvalue weighted by atomic mass is 10.1. The van der Waals surface area contributed by atoms with E-state index in [0.717, 1.165) is 4.68 Å². The standard InChI is InChI=1S/C12H11BrFN3O2/c1-3-19-12(18)17-7(2)11(15-16-17)9-5-4-8(13)6-10(9)14/h4-6H,3H2,1-2H3. The Morgan fingerprint density at radius 2 is 2.26 bits per heavy atom. The van der Waals surface area contributed by atoms with E-state index >= 15 is 0 Å². The van der Waals surface area contributed by atoms with Crippen molar-refractivity contribution in [2.24, 2.45) is 0 Å². The maximum absolute atomic E-state index is 13.9. The van der Waals surface area contributed by atoms with Gasteiger partial charge >= 0.3 is 6.09 Å². The lowest BCUT2D eigenvalue weighted by molar-refractivity contribution is 0.149. The maximum Gasteiger partial charge on any atom is 0.436 e. The second-order valence-electron chi connectivity index (χ2n) is 3.76. The minimum absolute atomic E-state index is 0.236. The van der Waals surface area contributed by atoms with Crippen LogP contribution in [0.5, 0.6) is 0 Å². The van der Waals surface area contributed by atoms with Crippen molar-refractivity contribution in [2.75, 3.05) is 6.61 Å². The van der Waals surface area contributed by atoms with E-state index in [2.05, 4.69) is 26.2 Å². The van der Waals surface area contributed by atoms with Crippen molar-refractivity contribution < 1.29 is 13.9 Å². The molecule has 0 atom stereocenters. The summed E-state index contributed by atoms with van der Waals surface area (Å²) in [5.41, 5.74) is 1.04. The number of halogens is 2. The lowest BCUT2D eigenvalue weighted by Gasteiger charge is -2.03. The summed E-state index contributed by atoms with van der Waals surface area (Å²) in [5.74, 6) is -0.437. The topological polar surface area (TPSA) is 57.0 Å². The predicted molar refractivity (Wildman–Crippen MR) is 70.3 cm³/mol. The molecule has 100 valence electrons. The minimum atomic E-state index is -0.628. The number of hydrogen-bond acceptors (Lipinski definition) is 4. The molecule has 0 N–H and O–H groups in total. The summed E-state index contributed by atoms with van der Waals surface area (Å²) < 4.78 is 20.3. The molecule has 0 saturated heterocycles. The minimum Gasteiger partial charge on any atom is -0.448 e. The molecule has 0 aliphatic heterocycles. The van der Waals surface area contributed by atoms with Gasteiger partial charge in [0.1, 0.15) is 11.5 Å². The summed E-state index contributed by atoms with van der Waals surface area (Å²) in [6.07, 6.45) is -0.628. The Hall–Kier alpha value is -1.76. The van der Waals surface area contributed by atoms with Gasteiger partial charge in [-0.1, -0.05) is 21.1 Å². The number of rotatable bonds is 2. The molecule has 0 spiro atoms. The molecule has 0 bridgehead atoms. The van der Waals surface area contributed by atoms with Gasteiger partial charge in [-0.3, -0.25) is 0 Å². The van der Waals surface area contributed by atoms with Gasteiger partial charge in [-0.2, -0.15) is 0 Å². The number of benzene rings is 1. The van der Waals surface area contributed by atoms with E-state index in [0.29, 0.717) is 15.9 Å². The largest absolute Gasteiger partial charge is 0.448 e. The van der Waals surface area contributed by atoms with Gasteiger partial charge < -0.3 is 4.74 Å². The highest BCUT2D eigenvalue weighted by molar-refractivity contribution is 9.10. The molecule has 2 aromatic rings. The molecule has 1 aromatic carbocycles. The summed E-state index contributed by atoms with van der Waals surface area (Å²) in [7, 11) is 0.